The maximum Gasteiger partial charge on any atom is 0.0198 e. The van der Waals surface area contributed by atoms with E-state index < -0.39 is 0 Å². The van der Waals surface area contributed by atoms with E-state index in [1.54, 1.807) is 5.37 Å². The lowest BCUT2D eigenvalue weighted by Gasteiger charge is -2.24. The Morgan fingerprint density at radius 1 is 1.54 bits per heavy atom. The molecule has 74 valence electrons. The molecule has 0 spiro atoms. The molecule has 0 amide bonds. The van der Waals surface area contributed by atoms with Crippen molar-refractivity contribution in [3.8, 4) is 0 Å². The molecule has 0 atom stereocenters. The molecule has 0 fully saturated rings. The molecule has 0 unspecified atom stereocenters. The van der Waals surface area contributed by atoms with Gasteiger partial charge in [-0.1, -0.05) is 38.7 Å². The molecule has 13 heavy (non-hydrogen) atoms. The van der Waals surface area contributed by atoms with Crippen LogP contribution in [0.5, 0.6) is 0 Å². The molecule has 0 saturated carbocycles. The summed E-state index contributed by atoms with van der Waals surface area (Å²) < 4.78 is 0. The number of allylic oxidation sites excluding steroid dienone is 1. The van der Waals surface area contributed by atoms with Gasteiger partial charge in [-0.3, -0.25) is 0 Å². The first-order valence-corrected chi connectivity index (χ1v) is 4.95. The van der Waals surface area contributed by atoms with Gasteiger partial charge in [-0.2, -0.15) is 0 Å². The SMILES string of the molecule is C=CCC(=C)NCC(C)(C)CC=S. The van der Waals surface area contributed by atoms with Crippen LogP contribution in [0.25, 0.3) is 0 Å². The number of thiocarbonyl (C=S) groups is 1. The van der Waals surface area contributed by atoms with Crippen LogP contribution in [0, 0.1) is 5.41 Å². The summed E-state index contributed by atoms with van der Waals surface area (Å²) in [5, 5.41) is 5.07. The first kappa shape index (κ1) is 12.4. The van der Waals surface area contributed by atoms with Crippen molar-refractivity contribution in [1.82, 2.24) is 5.32 Å². The van der Waals surface area contributed by atoms with Gasteiger partial charge in [-0.25, -0.2) is 0 Å². The zero-order valence-electron chi connectivity index (χ0n) is 8.60. The van der Waals surface area contributed by atoms with E-state index >= 15 is 0 Å². The van der Waals surface area contributed by atoms with Gasteiger partial charge in [0.05, 0.1) is 0 Å². The van der Waals surface area contributed by atoms with Crippen molar-refractivity contribution in [2.45, 2.75) is 26.7 Å². The molecule has 0 aliphatic heterocycles. The summed E-state index contributed by atoms with van der Waals surface area (Å²) >= 11 is 4.84. The van der Waals surface area contributed by atoms with Crippen molar-refractivity contribution in [2.24, 2.45) is 5.41 Å². The van der Waals surface area contributed by atoms with Gasteiger partial charge in [-0.05, 0) is 17.2 Å². The Labute approximate surface area is 86.9 Å². The summed E-state index contributed by atoms with van der Waals surface area (Å²) in [6.07, 6.45) is 3.62. The lowest BCUT2D eigenvalue weighted by Crippen LogP contribution is -2.28. The number of rotatable bonds is 7. The largest absolute Gasteiger partial charge is 0.388 e. The second-order valence-corrected chi connectivity index (χ2v) is 4.32. The van der Waals surface area contributed by atoms with E-state index in [4.69, 9.17) is 12.2 Å². The zero-order valence-corrected chi connectivity index (χ0v) is 9.41. The van der Waals surface area contributed by atoms with E-state index in [1.165, 1.54) is 0 Å². The first-order valence-electron chi connectivity index (χ1n) is 4.48. The molecule has 0 aliphatic carbocycles. The lowest BCUT2D eigenvalue weighted by atomic mass is 9.90. The van der Waals surface area contributed by atoms with E-state index in [9.17, 15) is 0 Å². The molecule has 2 heteroatoms. The molecule has 0 saturated heterocycles. The van der Waals surface area contributed by atoms with Gasteiger partial charge in [0, 0.05) is 18.7 Å². The summed E-state index contributed by atoms with van der Waals surface area (Å²) in [5.41, 5.74) is 1.23. The minimum atomic E-state index is 0.214. The summed E-state index contributed by atoms with van der Waals surface area (Å²) in [7, 11) is 0. The van der Waals surface area contributed by atoms with E-state index in [-0.39, 0.29) is 5.41 Å². The normalized spacial score (nSPS) is 10.6. The van der Waals surface area contributed by atoms with Gasteiger partial charge >= 0.3 is 0 Å². The zero-order chi connectivity index (χ0) is 10.3. The van der Waals surface area contributed by atoms with Crippen molar-refractivity contribution >= 4 is 17.6 Å². The number of nitrogens with one attached hydrogen (secondary N) is 1. The minimum absolute atomic E-state index is 0.214. The number of hydrogen-bond acceptors (Lipinski definition) is 2. The van der Waals surface area contributed by atoms with E-state index in [1.807, 2.05) is 6.08 Å². The van der Waals surface area contributed by atoms with E-state index in [0.717, 1.165) is 25.1 Å². The third-order valence-electron chi connectivity index (χ3n) is 1.84. The summed E-state index contributed by atoms with van der Waals surface area (Å²) in [6.45, 7) is 12.8. The van der Waals surface area contributed by atoms with Crippen molar-refractivity contribution in [3.63, 3.8) is 0 Å². The quantitative estimate of drug-likeness (QED) is 0.497. The van der Waals surface area contributed by atoms with Crippen molar-refractivity contribution in [2.75, 3.05) is 6.54 Å². The van der Waals surface area contributed by atoms with E-state index in [2.05, 4.69) is 32.3 Å². The van der Waals surface area contributed by atoms with Crippen molar-refractivity contribution in [1.29, 1.82) is 0 Å². The molecular weight excluding hydrogens is 178 g/mol. The van der Waals surface area contributed by atoms with Crippen LogP contribution >= 0.6 is 12.2 Å². The molecule has 0 rings (SSSR count). The standard InChI is InChI=1S/C11H19NS/c1-5-6-10(2)12-9-11(3,4)7-8-13/h5,8,12H,1-2,6-7,9H2,3-4H3. The van der Waals surface area contributed by atoms with E-state index in [0.29, 0.717) is 0 Å². The van der Waals surface area contributed by atoms with Crippen molar-refractivity contribution < 1.29 is 0 Å². The van der Waals surface area contributed by atoms with Gasteiger partial charge in [0.25, 0.3) is 0 Å². The Kier molecular flexibility index (Phi) is 5.63. The van der Waals surface area contributed by atoms with Gasteiger partial charge in [-0.15, -0.1) is 6.58 Å². The van der Waals surface area contributed by atoms with Crippen LogP contribution in [0.1, 0.15) is 26.7 Å². The van der Waals surface area contributed by atoms with Crippen LogP contribution in [-0.2, 0) is 0 Å². The van der Waals surface area contributed by atoms with Gasteiger partial charge in [0.2, 0.25) is 0 Å². The van der Waals surface area contributed by atoms with Crippen LogP contribution in [0.15, 0.2) is 24.9 Å². The predicted molar refractivity (Wildman–Crippen MR) is 64.0 cm³/mol. The Morgan fingerprint density at radius 3 is 2.62 bits per heavy atom. The van der Waals surface area contributed by atoms with Crippen LogP contribution < -0.4 is 5.32 Å². The Bertz CT molecular complexity index is 194. The molecule has 0 aliphatic rings. The summed E-state index contributed by atoms with van der Waals surface area (Å²) in [4.78, 5) is 0. The highest BCUT2D eigenvalue weighted by atomic mass is 32.1. The highest BCUT2D eigenvalue weighted by molar-refractivity contribution is 7.78. The second kappa shape index (κ2) is 5.92. The maximum absolute atomic E-state index is 4.84. The van der Waals surface area contributed by atoms with Gasteiger partial charge in [0.1, 0.15) is 0 Å². The minimum Gasteiger partial charge on any atom is -0.388 e. The third kappa shape index (κ3) is 6.52. The fraction of sp³-hybridized carbons (Fsp3) is 0.545. The maximum atomic E-state index is 4.84. The Morgan fingerprint density at radius 2 is 2.15 bits per heavy atom. The molecule has 0 aromatic carbocycles. The molecule has 0 aromatic heterocycles. The fourth-order valence-corrected chi connectivity index (χ4v) is 1.36. The third-order valence-corrected chi connectivity index (χ3v) is 2.01. The second-order valence-electron chi connectivity index (χ2n) is 3.98. The Hall–Kier alpha value is -0.630. The molecule has 0 heterocycles. The van der Waals surface area contributed by atoms with Crippen LogP contribution in [0.3, 0.4) is 0 Å². The summed E-state index contributed by atoms with van der Waals surface area (Å²) in [5.74, 6) is 0. The average molecular weight is 197 g/mol. The molecular formula is C11H19NS. The van der Waals surface area contributed by atoms with Crippen LogP contribution in [-0.4, -0.2) is 11.9 Å². The van der Waals surface area contributed by atoms with Crippen LogP contribution in [0.2, 0.25) is 0 Å². The molecule has 1 nitrogen and oxygen atoms in total. The van der Waals surface area contributed by atoms with Crippen LogP contribution in [0.4, 0.5) is 0 Å². The molecule has 0 aromatic rings. The average Bonchev–Trinajstić information content (AvgIpc) is 2.02. The van der Waals surface area contributed by atoms with Gasteiger partial charge in [0.15, 0.2) is 0 Å². The fourth-order valence-electron chi connectivity index (χ4n) is 0.908. The monoisotopic (exact) mass is 197 g/mol. The smallest absolute Gasteiger partial charge is 0.0198 e. The first-order chi connectivity index (χ1) is 6.02. The van der Waals surface area contributed by atoms with Crippen molar-refractivity contribution in [3.05, 3.63) is 24.9 Å². The molecule has 0 radical (unpaired) electrons. The predicted octanol–water partition coefficient (Wildman–Crippen LogP) is 3.08. The highest BCUT2D eigenvalue weighted by Crippen LogP contribution is 2.17. The Balaban J connectivity index is 3.79. The lowest BCUT2D eigenvalue weighted by molar-refractivity contribution is 0.372. The highest BCUT2D eigenvalue weighted by Gasteiger charge is 2.15. The number of hydrogen-bond donors (Lipinski definition) is 1. The van der Waals surface area contributed by atoms with Gasteiger partial charge < -0.3 is 5.32 Å². The molecule has 0 bridgehead atoms. The summed E-state index contributed by atoms with van der Waals surface area (Å²) in [6, 6.07) is 0. The molecule has 1 N–H and O–H groups in total. The topological polar surface area (TPSA) is 12.0 Å².